The van der Waals surface area contributed by atoms with Gasteiger partial charge in [0.05, 0.1) is 6.21 Å². The molecule has 0 bridgehead atoms. The van der Waals surface area contributed by atoms with E-state index in [-0.39, 0.29) is 11.7 Å². The van der Waals surface area contributed by atoms with Gasteiger partial charge in [0.15, 0.2) is 5.78 Å². The monoisotopic (exact) mass is 139 g/mol. The Morgan fingerprint density at radius 1 is 1.30 bits per heavy atom. The third-order valence-corrected chi connectivity index (χ3v) is 2.15. The van der Waals surface area contributed by atoms with Crippen molar-refractivity contribution in [3.8, 4) is 0 Å². The largest absolute Gasteiger partial charge is 0.305 e. The van der Waals surface area contributed by atoms with Crippen molar-refractivity contribution >= 4 is 12.0 Å². The minimum absolute atomic E-state index is 0.0275. The highest BCUT2D eigenvalue weighted by molar-refractivity contribution is 6.27. The van der Waals surface area contributed by atoms with E-state index < -0.39 is 0 Å². The normalized spacial score (nSPS) is 20.4. The molecule has 0 aromatic rings. The highest BCUT2D eigenvalue weighted by Gasteiger charge is 2.18. The minimum atomic E-state index is 0.0275. The first kappa shape index (κ1) is 7.45. The van der Waals surface area contributed by atoms with Crippen LogP contribution >= 0.6 is 0 Å². The number of hydrogen-bond acceptors (Lipinski definition) is 2. The molecule has 1 N–H and O–H groups in total. The van der Waals surface area contributed by atoms with Gasteiger partial charge in [0, 0.05) is 5.92 Å². The zero-order chi connectivity index (χ0) is 7.40. The number of rotatable bonds is 2. The second-order valence-electron chi connectivity index (χ2n) is 2.88. The van der Waals surface area contributed by atoms with Gasteiger partial charge in [0.25, 0.3) is 0 Å². The summed E-state index contributed by atoms with van der Waals surface area (Å²) in [6, 6.07) is 0. The molecule has 1 saturated carbocycles. The molecule has 1 aliphatic carbocycles. The van der Waals surface area contributed by atoms with Crippen molar-refractivity contribution in [1.82, 2.24) is 0 Å². The van der Waals surface area contributed by atoms with E-state index in [9.17, 15) is 4.79 Å². The van der Waals surface area contributed by atoms with Gasteiger partial charge >= 0.3 is 0 Å². The quantitative estimate of drug-likeness (QED) is 0.582. The molecule has 1 aliphatic rings. The predicted molar refractivity (Wildman–Crippen MR) is 40.4 cm³/mol. The smallest absolute Gasteiger partial charge is 0.176 e. The van der Waals surface area contributed by atoms with Crippen molar-refractivity contribution in [2.24, 2.45) is 5.92 Å². The Kier molecular flexibility index (Phi) is 2.60. The van der Waals surface area contributed by atoms with Crippen LogP contribution in [0.5, 0.6) is 0 Å². The topological polar surface area (TPSA) is 40.9 Å². The molecule has 2 heteroatoms. The van der Waals surface area contributed by atoms with E-state index in [0.29, 0.717) is 0 Å². The van der Waals surface area contributed by atoms with Crippen LogP contribution in [-0.4, -0.2) is 12.0 Å². The lowest BCUT2D eigenvalue weighted by Gasteiger charge is -2.17. The predicted octanol–water partition coefficient (Wildman–Crippen LogP) is 1.79. The minimum Gasteiger partial charge on any atom is -0.305 e. The Bertz CT molecular complexity index is 136. The number of carbonyl (C=O) groups is 1. The second-order valence-corrected chi connectivity index (χ2v) is 2.88. The molecule has 10 heavy (non-hydrogen) atoms. The van der Waals surface area contributed by atoms with Crippen LogP contribution in [0, 0.1) is 11.3 Å². The average molecular weight is 139 g/mol. The first-order valence-electron chi connectivity index (χ1n) is 3.89. The van der Waals surface area contributed by atoms with Crippen molar-refractivity contribution in [3.63, 3.8) is 0 Å². The third-order valence-electron chi connectivity index (χ3n) is 2.15. The molecule has 1 fully saturated rings. The number of nitrogens with one attached hydrogen (secondary N) is 1. The summed E-state index contributed by atoms with van der Waals surface area (Å²) < 4.78 is 0. The maximum Gasteiger partial charge on any atom is 0.176 e. The number of carbonyl (C=O) groups excluding carboxylic acids is 1. The molecule has 0 aromatic carbocycles. The van der Waals surface area contributed by atoms with Crippen molar-refractivity contribution in [1.29, 1.82) is 5.41 Å². The molecule has 0 aliphatic heterocycles. The standard InChI is InChI=1S/C8H13NO/c9-6-8(10)7-4-2-1-3-5-7/h6-7,9H,1-5H2. The van der Waals surface area contributed by atoms with E-state index in [4.69, 9.17) is 5.41 Å². The molecule has 56 valence electrons. The van der Waals surface area contributed by atoms with Crippen LogP contribution in [0.3, 0.4) is 0 Å². The molecular weight excluding hydrogens is 126 g/mol. The Morgan fingerprint density at radius 3 is 2.40 bits per heavy atom. The molecule has 0 spiro atoms. The summed E-state index contributed by atoms with van der Waals surface area (Å²) in [7, 11) is 0. The van der Waals surface area contributed by atoms with Gasteiger partial charge in [-0.15, -0.1) is 0 Å². The highest BCUT2D eigenvalue weighted by atomic mass is 16.1. The molecule has 0 saturated heterocycles. The van der Waals surface area contributed by atoms with Crippen molar-refractivity contribution in [2.75, 3.05) is 0 Å². The number of ketones is 1. The van der Waals surface area contributed by atoms with Crippen LogP contribution in [0.25, 0.3) is 0 Å². The van der Waals surface area contributed by atoms with E-state index in [0.717, 1.165) is 19.1 Å². The SMILES string of the molecule is N=CC(=O)C1CCCCC1. The fourth-order valence-corrected chi connectivity index (χ4v) is 1.50. The summed E-state index contributed by atoms with van der Waals surface area (Å²) >= 11 is 0. The molecule has 0 amide bonds. The average Bonchev–Trinajstić information content (AvgIpc) is 2.05. The van der Waals surface area contributed by atoms with E-state index in [1.165, 1.54) is 19.3 Å². The van der Waals surface area contributed by atoms with Crippen LogP contribution in [0.1, 0.15) is 32.1 Å². The lowest BCUT2D eigenvalue weighted by atomic mass is 9.87. The summed E-state index contributed by atoms with van der Waals surface area (Å²) in [4.78, 5) is 10.9. The molecule has 2 nitrogen and oxygen atoms in total. The van der Waals surface area contributed by atoms with Crippen molar-refractivity contribution < 1.29 is 4.79 Å². The first-order chi connectivity index (χ1) is 4.84. The Morgan fingerprint density at radius 2 is 1.90 bits per heavy atom. The van der Waals surface area contributed by atoms with Gasteiger partial charge in [0.1, 0.15) is 0 Å². The van der Waals surface area contributed by atoms with Gasteiger partial charge in [0.2, 0.25) is 0 Å². The van der Waals surface area contributed by atoms with Crippen molar-refractivity contribution in [2.45, 2.75) is 32.1 Å². The summed E-state index contributed by atoms with van der Waals surface area (Å²) in [5.74, 6) is 0.214. The Labute approximate surface area is 61.1 Å². The van der Waals surface area contributed by atoms with Crippen LogP contribution in [-0.2, 0) is 4.79 Å². The van der Waals surface area contributed by atoms with Gasteiger partial charge < -0.3 is 5.41 Å². The number of Topliss-reactive ketones (excluding diaryl/α,β-unsaturated/α-hetero) is 1. The lowest BCUT2D eigenvalue weighted by molar-refractivity contribution is -0.116. The summed E-state index contributed by atoms with van der Waals surface area (Å²) in [6.07, 6.45) is 6.59. The highest BCUT2D eigenvalue weighted by Crippen LogP contribution is 2.23. The molecule has 0 radical (unpaired) electrons. The van der Waals surface area contributed by atoms with Gasteiger partial charge in [-0.3, -0.25) is 4.79 Å². The van der Waals surface area contributed by atoms with Crippen LogP contribution in [0.15, 0.2) is 0 Å². The van der Waals surface area contributed by atoms with Crippen molar-refractivity contribution in [3.05, 3.63) is 0 Å². The van der Waals surface area contributed by atoms with E-state index in [1.54, 1.807) is 0 Å². The van der Waals surface area contributed by atoms with Gasteiger partial charge in [-0.05, 0) is 12.8 Å². The first-order valence-corrected chi connectivity index (χ1v) is 3.89. The Hall–Kier alpha value is -0.660. The summed E-state index contributed by atoms with van der Waals surface area (Å²) in [5, 5.41) is 6.77. The Balaban J connectivity index is 2.38. The van der Waals surface area contributed by atoms with Gasteiger partial charge in [-0.1, -0.05) is 19.3 Å². The molecule has 0 aromatic heterocycles. The van der Waals surface area contributed by atoms with E-state index >= 15 is 0 Å². The number of hydrogen-bond donors (Lipinski definition) is 1. The molecule has 1 rings (SSSR count). The van der Waals surface area contributed by atoms with Crippen LogP contribution < -0.4 is 0 Å². The van der Waals surface area contributed by atoms with Crippen LogP contribution in [0.2, 0.25) is 0 Å². The molecule has 0 atom stereocenters. The van der Waals surface area contributed by atoms with Crippen LogP contribution in [0.4, 0.5) is 0 Å². The third kappa shape index (κ3) is 1.66. The summed E-state index contributed by atoms with van der Waals surface area (Å²) in [6.45, 7) is 0. The van der Waals surface area contributed by atoms with E-state index in [2.05, 4.69) is 0 Å². The van der Waals surface area contributed by atoms with Gasteiger partial charge in [-0.2, -0.15) is 0 Å². The molecular formula is C8H13NO. The summed E-state index contributed by atoms with van der Waals surface area (Å²) in [5.41, 5.74) is 0. The fourth-order valence-electron chi connectivity index (χ4n) is 1.50. The zero-order valence-electron chi connectivity index (χ0n) is 6.10. The molecule has 0 heterocycles. The lowest BCUT2D eigenvalue weighted by Crippen LogP contribution is -2.17. The molecule has 0 unspecified atom stereocenters. The van der Waals surface area contributed by atoms with E-state index in [1.807, 2.05) is 0 Å². The second kappa shape index (κ2) is 3.49. The maximum absolute atomic E-state index is 10.9. The maximum atomic E-state index is 10.9. The zero-order valence-corrected chi connectivity index (χ0v) is 6.10. The van der Waals surface area contributed by atoms with Gasteiger partial charge in [-0.25, -0.2) is 0 Å². The fraction of sp³-hybridized carbons (Fsp3) is 0.750.